The van der Waals surface area contributed by atoms with Crippen LogP contribution in [0.1, 0.15) is 5.56 Å². The number of halogens is 3. The molecule has 2 N–H and O–H groups in total. The number of aryl methyl sites for hydroxylation is 1. The first-order valence-electron chi connectivity index (χ1n) is 5.16. The highest BCUT2D eigenvalue weighted by molar-refractivity contribution is 9.10. The van der Waals surface area contributed by atoms with Crippen LogP contribution in [-0.4, -0.2) is 0 Å². The number of anilines is 1. The molecule has 0 aliphatic rings. The molecule has 0 fully saturated rings. The van der Waals surface area contributed by atoms with Gasteiger partial charge in [-0.05, 0) is 46.6 Å². The van der Waals surface area contributed by atoms with Crippen LogP contribution in [0, 0.1) is 12.7 Å². The van der Waals surface area contributed by atoms with Crippen LogP contribution in [0.15, 0.2) is 34.8 Å². The highest BCUT2D eigenvalue weighted by Gasteiger charge is 2.07. The maximum atomic E-state index is 13.4. The highest BCUT2D eigenvalue weighted by atomic mass is 79.9. The van der Waals surface area contributed by atoms with E-state index in [9.17, 15) is 4.39 Å². The molecule has 0 unspecified atom stereocenters. The average Bonchev–Trinajstić information content (AvgIpc) is 2.31. The van der Waals surface area contributed by atoms with Gasteiger partial charge in [-0.2, -0.15) is 0 Å². The van der Waals surface area contributed by atoms with Gasteiger partial charge >= 0.3 is 0 Å². The maximum Gasteiger partial charge on any atom is 0.141 e. The standard InChI is InChI=1S/C13H10BrClFNO/c1-7-4-12(17)10(15)6-13(7)18-8-2-3-9(14)11(16)5-8/h2-6H,17H2,1H3. The second kappa shape index (κ2) is 5.16. The third-order valence-corrected chi connectivity index (χ3v) is 3.38. The average molecular weight is 331 g/mol. The minimum Gasteiger partial charge on any atom is -0.457 e. The zero-order valence-electron chi connectivity index (χ0n) is 9.51. The van der Waals surface area contributed by atoms with Gasteiger partial charge in [0.25, 0.3) is 0 Å². The van der Waals surface area contributed by atoms with Gasteiger partial charge in [0, 0.05) is 12.1 Å². The van der Waals surface area contributed by atoms with Crippen molar-refractivity contribution >= 4 is 33.2 Å². The van der Waals surface area contributed by atoms with E-state index in [0.717, 1.165) is 5.56 Å². The monoisotopic (exact) mass is 329 g/mol. The fraction of sp³-hybridized carbons (Fsp3) is 0.0769. The van der Waals surface area contributed by atoms with Crippen molar-refractivity contribution in [3.05, 3.63) is 51.2 Å². The van der Waals surface area contributed by atoms with Gasteiger partial charge in [-0.3, -0.25) is 0 Å². The molecule has 0 amide bonds. The molecule has 0 atom stereocenters. The number of ether oxygens (including phenoxy) is 1. The van der Waals surface area contributed by atoms with Crippen LogP contribution < -0.4 is 10.5 Å². The number of hydrogen-bond donors (Lipinski definition) is 1. The SMILES string of the molecule is Cc1cc(N)c(Cl)cc1Oc1ccc(Br)c(F)c1. The van der Waals surface area contributed by atoms with Crippen molar-refractivity contribution in [2.75, 3.05) is 5.73 Å². The fourth-order valence-corrected chi connectivity index (χ4v) is 1.86. The molecule has 0 saturated carbocycles. The Kier molecular flexibility index (Phi) is 3.78. The number of nitrogen functional groups attached to an aromatic ring is 1. The molecule has 0 spiro atoms. The summed E-state index contributed by atoms with van der Waals surface area (Å²) in [7, 11) is 0. The van der Waals surface area contributed by atoms with E-state index in [2.05, 4.69) is 15.9 Å². The van der Waals surface area contributed by atoms with Crippen molar-refractivity contribution < 1.29 is 9.13 Å². The molecular formula is C13H10BrClFNO. The summed E-state index contributed by atoms with van der Waals surface area (Å²) in [5, 5.41) is 0.410. The Morgan fingerprint density at radius 3 is 2.67 bits per heavy atom. The molecule has 0 bridgehead atoms. The molecular weight excluding hydrogens is 321 g/mol. The first-order valence-corrected chi connectivity index (χ1v) is 6.33. The Morgan fingerprint density at radius 1 is 1.28 bits per heavy atom. The fourth-order valence-electron chi connectivity index (χ4n) is 1.46. The van der Waals surface area contributed by atoms with Gasteiger partial charge in [0.15, 0.2) is 0 Å². The molecule has 2 aromatic rings. The van der Waals surface area contributed by atoms with E-state index in [1.165, 1.54) is 6.07 Å². The lowest BCUT2D eigenvalue weighted by molar-refractivity contribution is 0.473. The van der Waals surface area contributed by atoms with Crippen molar-refractivity contribution in [3.63, 3.8) is 0 Å². The second-order valence-corrected chi connectivity index (χ2v) is 5.08. The lowest BCUT2D eigenvalue weighted by Gasteiger charge is -2.10. The van der Waals surface area contributed by atoms with E-state index in [1.54, 1.807) is 24.3 Å². The highest BCUT2D eigenvalue weighted by Crippen LogP contribution is 2.32. The van der Waals surface area contributed by atoms with Crippen molar-refractivity contribution in [1.82, 2.24) is 0 Å². The van der Waals surface area contributed by atoms with Crippen molar-refractivity contribution in [3.8, 4) is 11.5 Å². The summed E-state index contributed by atoms with van der Waals surface area (Å²) in [5.41, 5.74) is 7.00. The second-order valence-electron chi connectivity index (χ2n) is 3.82. The molecule has 0 saturated heterocycles. The lowest BCUT2D eigenvalue weighted by atomic mass is 10.2. The molecule has 0 aliphatic carbocycles. The number of nitrogens with two attached hydrogens (primary N) is 1. The molecule has 2 aromatic carbocycles. The Labute approximate surface area is 118 Å². The Hall–Kier alpha value is -1.26. The molecule has 2 rings (SSSR count). The van der Waals surface area contributed by atoms with E-state index >= 15 is 0 Å². The zero-order chi connectivity index (χ0) is 13.3. The summed E-state index contributed by atoms with van der Waals surface area (Å²) in [4.78, 5) is 0. The summed E-state index contributed by atoms with van der Waals surface area (Å²) in [5.74, 6) is 0.572. The number of benzene rings is 2. The summed E-state index contributed by atoms with van der Waals surface area (Å²) in [6, 6.07) is 7.88. The minimum atomic E-state index is -0.383. The van der Waals surface area contributed by atoms with Crippen molar-refractivity contribution in [1.29, 1.82) is 0 Å². The van der Waals surface area contributed by atoms with E-state index in [0.29, 0.717) is 26.7 Å². The minimum absolute atomic E-state index is 0.383. The summed E-state index contributed by atoms with van der Waals surface area (Å²) in [6.45, 7) is 1.84. The Bertz CT molecular complexity index is 604. The Balaban J connectivity index is 2.34. The van der Waals surface area contributed by atoms with Crippen LogP contribution in [0.3, 0.4) is 0 Å². The molecule has 0 aromatic heterocycles. The maximum absolute atomic E-state index is 13.4. The van der Waals surface area contributed by atoms with Crippen molar-refractivity contribution in [2.45, 2.75) is 6.92 Å². The quantitative estimate of drug-likeness (QED) is 0.793. The molecule has 0 aliphatic heterocycles. The number of hydrogen-bond acceptors (Lipinski definition) is 2. The molecule has 5 heteroatoms. The van der Waals surface area contributed by atoms with Gasteiger partial charge in [-0.1, -0.05) is 11.6 Å². The van der Waals surface area contributed by atoms with Crippen LogP contribution in [0.25, 0.3) is 0 Å². The third kappa shape index (κ3) is 2.76. The van der Waals surface area contributed by atoms with Crippen LogP contribution in [0.4, 0.5) is 10.1 Å². The van der Waals surface area contributed by atoms with E-state index in [1.807, 2.05) is 6.92 Å². The molecule has 94 valence electrons. The molecule has 0 radical (unpaired) electrons. The predicted molar refractivity (Wildman–Crippen MR) is 74.8 cm³/mol. The van der Waals surface area contributed by atoms with Crippen molar-refractivity contribution in [2.24, 2.45) is 0 Å². The van der Waals surface area contributed by atoms with Gasteiger partial charge in [0.1, 0.15) is 17.3 Å². The van der Waals surface area contributed by atoms with E-state index < -0.39 is 0 Å². The lowest BCUT2D eigenvalue weighted by Crippen LogP contribution is -1.92. The summed E-state index contributed by atoms with van der Waals surface area (Å²) in [6.07, 6.45) is 0. The van der Waals surface area contributed by atoms with E-state index in [-0.39, 0.29) is 5.82 Å². The van der Waals surface area contributed by atoms with Crippen LogP contribution in [-0.2, 0) is 0 Å². The zero-order valence-corrected chi connectivity index (χ0v) is 11.8. The topological polar surface area (TPSA) is 35.2 Å². The smallest absolute Gasteiger partial charge is 0.141 e. The molecule has 0 heterocycles. The van der Waals surface area contributed by atoms with Gasteiger partial charge in [0.05, 0.1) is 15.2 Å². The molecule has 2 nitrogen and oxygen atoms in total. The van der Waals surface area contributed by atoms with Crippen LogP contribution in [0.2, 0.25) is 5.02 Å². The predicted octanol–water partition coefficient (Wildman–Crippen LogP) is 4.92. The largest absolute Gasteiger partial charge is 0.457 e. The molecule has 18 heavy (non-hydrogen) atoms. The van der Waals surface area contributed by atoms with Crippen LogP contribution >= 0.6 is 27.5 Å². The normalized spacial score (nSPS) is 10.4. The Morgan fingerprint density at radius 2 is 2.00 bits per heavy atom. The first-order chi connectivity index (χ1) is 8.47. The summed E-state index contributed by atoms with van der Waals surface area (Å²) < 4.78 is 19.3. The van der Waals surface area contributed by atoms with E-state index in [4.69, 9.17) is 22.1 Å². The first kappa shape index (κ1) is 13.2. The van der Waals surface area contributed by atoms with Gasteiger partial charge in [-0.15, -0.1) is 0 Å². The van der Waals surface area contributed by atoms with Gasteiger partial charge in [-0.25, -0.2) is 4.39 Å². The van der Waals surface area contributed by atoms with Gasteiger partial charge in [0.2, 0.25) is 0 Å². The summed E-state index contributed by atoms with van der Waals surface area (Å²) >= 11 is 9.00. The third-order valence-electron chi connectivity index (χ3n) is 2.41. The number of rotatable bonds is 2. The van der Waals surface area contributed by atoms with Crippen LogP contribution in [0.5, 0.6) is 11.5 Å². The van der Waals surface area contributed by atoms with Gasteiger partial charge < -0.3 is 10.5 Å².